The molecule has 1 aliphatic carbocycles. The standard InChI is InChI=1S/C63H38N2O2/c1-2-19-43-39(15-1)16-13-27-53(43)65-54-26-7-3-20-45(54)48-37-41(34-36-55(48)65)64(56-28-14-32-60-62(56)47-21-4-8-29-57(47)66-60)42-33-35-44-46-22-11-17-40-18-12-25-51(61(40)46)63(52(44)38-42)49-23-5-9-30-58(49)67-59-31-10-6-24-50(59)63/h1-38H. The average Bonchev–Trinajstić information content (AvgIpc) is 3.93. The molecule has 0 unspecified atom stereocenters. The van der Waals surface area contributed by atoms with E-state index in [1.807, 2.05) is 6.07 Å². The zero-order chi connectivity index (χ0) is 43.8. The summed E-state index contributed by atoms with van der Waals surface area (Å²) < 4.78 is 15.9. The summed E-state index contributed by atoms with van der Waals surface area (Å²) in [5, 5.41) is 9.45. The molecule has 2 aromatic heterocycles. The molecule has 0 atom stereocenters. The van der Waals surface area contributed by atoms with Gasteiger partial charge in [-0.05, 0) is 111 Å². The second kappa shape index (κ2) is 13.6. The second-order valence-electron chi connectivity index (χ2n) is 17.9. The number of para-hydroxylation sites is 4. The summed E-state index contributed by atoms with van der Waals surface area (Å²) in [5.74, 6) is 1.74. The molecule has 1 spiro atoms. The van der Waals surface area contributed by atoms with Gasteiger partial charge in [0.1, 0.15) is 22.7 Å². The maximum Gasteiger partial charge on any atom is 0.137 e. The molecule has 3 heterocycles. The maximum absolute atomic E-state index is 6.81. The van der Waals surface area contributed by atoms with Crippen molar-refractivity contribution in [3.05, 3.63) is 253 Å². The Balaban J connectivity index is 1.06. The van der Waals surface area contributed by atoms with Crippen molar-refractivity contribution in [1.29, 1.82) is 0 Å². The molecule has 0 radical (unpaired) electrons. The monoisotopic (exact) mass is 854 g/mol. The molecule has 312 valence electrons. The van der Waals surface area contributed by atoms with Crippen molar-refractivity contribution < 1.29 is 9.15 Å². The lowest BCUT2D eigenvalue weighted by Crippen LogP contribution is -2.36. The SMILES string of the molecule is c1ccc2c(c1)Oc1ccccc1C21c2cc(N(c3ccc4c(c3)c3ccccc3n4-c3cccc4ccccc34)c3cccc4oc5ccccc5c34)ccc2-c2cccc3cccc1c23. The summed E-state index contributed by atoms with van der Waals surface area (Å²) in [7, 11) is 0. The third-order valence-corrected chi connectivity index (χ3v) is 14.6. The van der Waals surface area contributed by atoms with Gasteiger partial charge in [-0.3, -0.25) is 0 Å². The van der Waals surface area contributed by atoms with E-state index in [2.05, 4.69) is 234 Å². The quantitative estimate of drug-likeness (QED) is 0.177. The highest BCUT2D eigenvalue weighted by Gasteiger charge is 2.49. The Labute approximate surface area is 385 Å². The predicted octanol–water partition coefficient (Wildman–Crippen LogP) is 16.9. The van der Waals surface area contributed by atoms with E-state index in [0.717, 1.165) is 72.8 Å². The Morgan fingerprint density at radius 3 is 1.85 bits per heavy atom. The van der Waals surface area contributed by atoms with Crippen LogP contribution in [0.15, 0.2) is 235 Å². The van der Waals surface area contributed by atoms with Gasteiger partial charge in [-0.15, -0.1) is 0 Å². The number of anilines is 3. The Bertz CT molecular complexity index is 4170. The molecule has 67 heavy (non-hydrogen) atoms. The third-order valence-electron chi connectivity index (χ3n) is 14.6. The molecule has 11 aromatic carbocycles. The van der Waals surface area contributed by atoms with Crippen LogP contribution in [0.25, 0.3) is 82.1 Å². The maximum atomic E-state index is 6.81. The average molecular weight is 855 g/mol. The van der Waals surface area contributed by atoms with E-state index in [1.165, 1.54) is 60.1 Å². The fourth-order valence-corrected chi connectivity index (χ4v) is 11.9. The van der Waals surface area contributed by atoms with Crippen molar-refractivity contribution in [2.24, 2.45) is 0 Å². The molecule has 15 rings (SSSR count). The molecule has 0 saturated heterocycles. The number of furan rings is 1. The van der Waals surface area contributed by atoms with Gasteiger partial charge in [0, 0.05) is 44.0 Å². The number of ether oxygens (including phenoxy) is 1. The van der Waals surface area contributed by atoms with Crippen LogP contribution in [0.4, 0.5) is 17.1 Å². The van der Waals surface area contributed by atoms with Crippen LogP contribution in [0.1, 0.15) is 22.3 Å². The number of hydrogen-bond acceptors (Lipinski definition) is 3. The number of rotatable bonds is 4. The lowest BCUT2D eigenvalue weighted by atomic mass is 9.58. The number of benzene rings is 11. The summed E-state index contributed by atoms with van der Waals surface area (Å²) in [6, 6.07) is 83.9. The zero-order valence-electron chi connectivity index (χ0n) is 36.2. The molecule has 0 N–H and O–H groups in total. The van der Waals surface area contributed by atoms with Crippen molar-refractivity contribution in [3.63, 3.8) is 0 Å². The number of nitrogens with zero attached hydrogens (tertiary/aromatic N) is 2. The first-order valence-electron chi connectivity index (χ1n) is 23.0. The van der Waals surface area contributed by atoms with Crippen LogP contribution in [0.3, 0.4) is 0 Å². The Morgan fingerprint density at radius 1 is 0.373 bits per heavy atom. The first-order valence-corrected chi connectivity index (χ1v) is 23.0. The van der Waals surface area contributed by atoms with Crippen molar-refractivity contribution in [2.45, 2.75) is 5.41 Å². The van der Waals surface area contributed by atoms with Gasteiger partial charge in [0.25, 0.3) is 0 Å². The van der Waals surface area contributed by atoms with Crippen molar-refractivity contribution >= 4 is 82.4 Å². The minimum absolute atomic E-state index is 0.694. The molecule has 4 heteroatoms. The lowest BCUT2D eigenvalue weighted by molar-refractivity contribution is 0.435. The van der Waals surface area contributed by atoms with Crippen molar-refractivity contribution in [2.75, 3.05) is 4.90 Å². The molecule has 0 saturated carbocycles. The topological polar surface area (TPSA) is 30.5 Å². The molecule has 4 nitrogen and oxygen atoms in total. The summed E-state index contributed by atoms with van der Waals surface area (Å²) in [6.07, 6.45) is 0. The lowest BCUT2D eigenvalue weighted by Gasteiger charge is -2.45. The highest BCUT2D eigenvalue weighted by molar-refractivity contribution is 6.16. The van der Waals surface area contributed by atoms with Gasteiger partial charge in [0.2, 0.25) is 0 Å². The van der Waals surface area contributed by atoms with Crippen LogP contribution in [-0.2, 0) is 5.41 Å². The smallest absolute Gasteiger partial charge is 0.137 e. The van der Waals surface area contributed by atoms with Crippen LogP contribution in [0.5, 0.6) is 11.5 Å². The number of aromatic nitrogens is 1. The number of hydrogen-bond donors (Lipinski definition) is 0. The zero-order valence-corrected chi connectivity index (χ0v) is 36.2. The van der Waals surface area contributed by atoms with Gasteiger partial charge >= 0.3 is 0 Å². The van der Waals surface area contributed by atoms with E-state index >= 15 is 0 Å². The van der Waals surface area contributed by atoms with E-state index in [-0.39, 0.29) is 0 Å². The van der Waals surface area contributed by atoms with Crippen LogP contribution in [0.2, 0.25) is 0 Å². The normalized spacial score (nSPS) is 13.3. The van der Waals surface area contributed by atoms with E-state index in [0.29, 0.717) is 0 Å². The van der Waals surface area contributed by atoms with Gasteiger partial charge in [0.05, 0.1) is 33.2 Å². The molecule has 2 aliphatic rings. The molecular formula is C63H38N2O2. The summed E-state index contributed by atoms with van der Waals surface area (Å²) in [5.41, 5.74) is 14.8. The fraction of sp³-hybridized carbons (Fsp3) is 0.0159. The number of fused-ring (bicyclic) bond motifs is 15. The summed E-state index contributed by atoms with van der Waals surface area (Å²) in [6.45, 7) is 0. The summed E-state index contributed by atoms with van der Waals surface area (Å²) >= 11 is 0. The molecule has 1 aliphatic heterocycles. The molecule has 0 bridgehead atoms. The van der Waals surface area contributed by atoms with E-state index < -0.39 is 5.41 Å². The van der Waals surface area contributed by atoms with Crippen LogP contribution < -0.4 is 9.64 Å². The van der Waals surface area contributed by atoms with Crippen molar-refractivity contribution in [1.82, 2.24) is 4.57 Å². The first-order chi connectivity index (χ1) is 33.2. The highest BCUT2D eigenvalue weighted by atomic mass is 16.5. The van der Waals surface area contributed by atoms with Crippen LogP contribution in [-0.4, -0.2) is 4.57 Å². The Morgan fingerprint density at radius 2 is 0.985 bits per heavy atom. The van der Waals surface area contributed by atoms with Gasteiger partial charge in [-0.2, -0.15) is 0 Å². The van der Waals surface area contributed by atoms with Crippen LogP contribution >= 0.6 is 0 Å². The molecular weight excluding hydrogens is 817 g/mol. The second-order valence-corrected chi connectivity index (χ2v) is 17.9. The Hall–Kier alpha value is -8.86. The molecule has 13 aromatic rings. The van der Waals surface area contributed by atoms with Gasteiger partial charge in [-0.25, -0.2) is 0 Å². The van der Waals surface area contributed by atoms with E-state index in [9.17, 15) is 0 Å². The van der Waals surface area contributed by atoms with Gasteiger partial charge in [0.15, 0.2) is 0 Å². The van der Waals surface area contributed by atoms with E-state index in [1.54, 1.807) is 0 Å². The van der Waals surface area contributed by atoms with E-state index in [4.69, 9.17) is 9.15 Å². The first kappa shape index (κ1) is 36.5. The highest BCUT2D eigenvalue weighted by Crippen LogP contribution is 2.62. The minimum Gasteiger partial charge on any atom is -0.457 e. The van der Waals surface area contributed by atoms with Crippen LogP contribution in [0, 0.1) is 0 Å². The molecule has 0 fully saturated rings. The van der Waals surface area contributed by atoms with Gasteiger partial charge < -0.3 is 18.6 Å². The Kier molecular flexibility index (Phi) is 7.40. The van der Waals surface area contributed by atoms with Gasteiger partial charge in [-0.1, -0.05) is 158 Å². The fourth-order valence-electron chi connectivity index (χ4n) is 11.9. The largest absolute Gasteiger partial charge is 0.457 e. The third kappa shape index (κ3) is 4.91. The summed E-state index contributed by atoms with van der Waals surface area (Å²) in [4.78, 5) is 2.46. The molecule has 0 amide bonds. The van der Waals surface area contributed by atoms with Crippen molar-refractivity contribution in [3.8, 4) is 28.3 Å². The predicted molar refractivity (Wildman–Crippen MR) is 275 cm³/mol. The minimum atomic E-state index is -0.694.